The third-order valence-electron chi connectivity index (χ3n) is 6.64. The van der Waals surface area contributed by atoms with Gasteiger partial charge in [0.25, 0.3) is 0 Å². The van der Waals surface area contributed by atoms with Crippen molar-refractivity contribution in [2.24, 2.45) is 5.92 Å². The molecule has 1 unspecified atom stereocenters. The number of fused-ring (bicyclic) bond motifs is 1. The number of benzene rings is 1. The number of aliphatic hydroxyl groups is 1. The van der Waals surface area contributed by atoms with Gasteiger partial charge >= 0.3 is 0 Å². The molecule has 1 aromatic carbocycles. The van der Waals surface area contributed by atoms with E-state index in [1.807, 2.05) is 9.80 Å². The van der Waals surface area contributed by atoms with Crippen molar-refractivity contribution in [1.82, 2.24) is 9.80 Å². The van der Waals surface area contributed by atoms with Gasteiger partial charge in [-0.25, -0.2) is 0 Å². The van der Waals surface area contributed by atoms with Gasteiger partial charge in [-0.2, -0.15) is 0 Å². The Morgan fingerprint density at radius 3 is 2.56 bits per heavy atom. The maximum Gasteiger partial charge on any atom is 0.245 e. The van der Waals surface area contributed by atoms with Gasteiger partial charge in [0, 0.05) is 19.5 Å². The highest BCUT2D eigenvalue weighted by atomic mass is 16.3. The minimum atomic E-state index is -0.319. The number of carbonyl (C=O) groups excluding carboxylic acids is 2. The summed E-state index contributed by atoms with van der Waals surface area (Å²) in [4.78, 5) is 29.7. The van der Waals surface area contributed by atoms with E-state index in [9.17, 15) is 14.7 Å². The van der Waals surface area contributed by atoms with Crippen molar-refractivity contribution in [3.8, 4) is 0 Å². The zero-order valence-corrected chi connectivity index (χ0v) is 16.0. The fourth-order valence-corrected chi connectivity index (χ4v) is 5.14. The Kier molecular flexibility index (Phi) is 5.48. The minimum absolute atomic E-state index is 0.0217. The minimum Gasteiger partial charge on any atom is -0.394 e. The topological polar surface area (TPSA) is 60.9 Å². The summed E-state index contributed by atoms with van der Waals surface area (Å²) in [5.74, 6) is 0.557. The number of rotatable bonds is 4. The smallest absolute Gasteiger partial charge is 0.245 e. The van der Waals surface area contributed by atoms with Gasteiger partial charge in [0.05, 0.1) is 12.6 Å². The van der Waals surface area contributed by atoms with Gasteiger partial charge in [0.1, 0.15) is 6.04 Å². The monoisotopic (exact) mass is 370 g/mol. The molecule has 5 heteroatoms. The first-order valence-corrected chi connectivity index (χ1v) is 10.4. The molecule has 0 aromatic heterocycles. The first-order valence-electron chi connectivity index (χ1n) is 10.4. The predicted molar refractivity (Wildman–Crippen MR) is 103 cm³/mol. The van der Waals surface area contributed by atoms with Crippen molar-refractivity contribution in [3.05, 3.63) is 35.4 Å². The van der Waals surface area contributed by atoms with Crippen LogP contribution in [-0.2, 0) is 22.4 Å². The Hall–Kier alpha value is -1.88. The Morgan fingerprint density at radius 2 is 1.74 bits per heavy atom. The highest BCUT2D eigenvalue weighted by molar-refractivity contribution is 5.88. The van der Waals surface area contributed by atoms with Gasteiger partial charge in [-0.3, -0.25) is 9.59 Å². The molecule has 1 aromatic rings. The largest absolute Gasteiger partial charge is 0.394 e. The first kappa shape index (κ1) is 18.5. The summed E-state index contributed by atoms with van der Waals surface area (Å²) in [5, 5.41) is 9.53. The first-order chi connectivity index (χ1) is 13.2. The zero-order valence-electron chi connectivity index (χ0n) is 16.0. The maximum atomic E-state index is 13.0. The lowest BCUT2D eigenvalue weighted by Crippen LogP contribution is -2.50. The molecule has 5 nitrogen and oxygen atoms in total. The molecule has 4 rings (SSSR count). The van der Waals surface area contributed by atoms with Crippen LogP contribution in [-0.4, -0.2) is 58.5 Å². The number of aliphatic hydroxyl groups excluding tert-OH is 1. The van der Waals surface area contributed by atoms with E-state index in [2.05, 4.69) is 24.3 Å². The highest BCUT2D eigenvalue weighted by Crippen LogP contribution is 2.30. The molecule has 1 N–H and O–H groups in total. The molecule has 27 heavy (non-hydrogen) atoms. The number of likely N-dealkylation sites (tertiary alicyclic amines) is 2. The van der Waals surface area contributed by atoms with Crippen molar-refractivity contribution in [2.45, 2.75) is 63.5 Å². The molecule has 0 saturated carbocycles. The van der Waals surface area contributed by atoms with Gasteiger partial charge in [-0.1, -0.05) is 24.3 Å². The van der Waals surface area contributed by atoms with Crippen molar-refractivity contribution in [2.75, 3.05) is 19.7 Å². The summed E-state index contributed by atoms with van der Waals surface area (Å²) in [6, 6.07) is 8.15. The zero-order chi connectivity index (χ0) is 18.8. The number of hydrogen-bond donors (Lipinski definition) is 1. The summed E-state index contributed by atoms with van der Waals surface area (Å²) < 4.78 is 0. The summed E-state index contributed by atoms with van der Waals surface area (Å²) in [5.41, 5.74) is 2.79. The molecule has 2 heterocycles. The van der Waals surface area contributed by atoms with Gasteiger partial charge < -0.3 is 14.9 Å². The summed E-state index contributed by atoms with van der Waals surface area (Å²) >= 11 is 0. The van der Waals surface area contributed by atoms with E-state index in [-0.39, 0.29) is 30.5 Å². The maximum absolute atomic E-state index is 13.0. The van der Waals surface area contributed by atoms with Crippen molar-refractivity contribution in [3.63, 3.8) is 0 Å². The van der Waals surface area contributed by atoms with Crippen molar-refractivity contribution < 1.29 is 14.7 Å². The van der Waals surface area contributed by atoms with Crippen LogP contribution in [0.5, 0.6) is 0 Å². The van der Waals surface area contributed by atoms with Crippen LogP contribution in [0.4, 0.5) is 0 Å². The van der Waals surface area contributed by atoms with Gasteiger partial charge in [0.2, 0.25) is 11.8 Å². The molecular weight excluding hydrogens is 340 g/mol. The van der Waals surface area contributed by atoms with E-state index < -0.39 is 0 Å². The number of aryl methyl sites for hydroxylation is 1. The lowest BCUT2D eigenvalue weighted by atomic mass is 9.82. The average molecular weight is 370 g/mol. The predicted octanol–water partition coefficient (Wildman–Crippen LogP) is 2.16. The number of carbonyl (C=O) groups is 2. The Balaban J connectivity index is 1.39. The summed E-state index contributed by atoms with van der Waals surface area (Å²) in [6.07, 6.45) is 7.06. The van der Waals surface area contributed by atoms with E-state index in [1.165, 1.54) is 11.1 Å². The fourth-order valence-electron chi connectivity index (χ4n) is 5.14. The van der Waals surface area contributed by atoms with Crippen LogP contribution in [0, 0.1) is 5.92 Å². The third-order valence-corrected chi connectivity index (χ3v) is 6.64. The quantitative estimate of drug-likeness (QED) is 0.883. The second-order valence-electron chi connectivity index (χ2n) is 8.34. The second-order valence-corrected chi connectivity index (χ2v) is 8.34. The van der Waals surface area contributed by atoms with Crippen molar-refractivity contribution in [1.29, 1.82) is 0 Å². The lowest BCUT2D eigenvalue weighted by Gasteiger charge is -2.32. The van der Waals surface area contributed by atoms with Crippen LogP contribution in [0.3, 0.4) is 0 Å². The normalized spacial score (nSPS) is 27.7. The molecule has 2 fully saturated rings. The van der Waals surface area contributed by atoms with Gasteiger partial charge in [0.15, 0.2) is 0 Å². The van der Waals surface area contributed by atoms with Crippen LogP contribution in [0.25, 0.3) is 0 Å². The summed E-state index contributed by atoms with van der Waals surface area (Å²) in [6.45, 7) is 1.42. The molecular formula is C22H30N2O3. The molecule has 1 aliphatic carbocycles. The molecule has 2 aliphatic heterocycles. The molecule has 146 valence electrons. The van der Waals surface area contributed by atoms with E-state index in [0.29, 0.717) is 25.4 Å². The van der Waals surface area contributed by atoms with Crippen LogP contribution < -0.4 is 0 Å². The molecule has 0 bridgehead atoms. The number of nitrogens with zero attached hydrogens (tertiary/aromatic N) is 2. The van der Waals surface area contributed by atoms with Crippen LogP contribution in [0.2, 0.25) is 0 Å². The lowest BCUT2D eigenvalue weighted by molar-refractivity contribution is -0.145. The third kappa shape index (κ3) is 3.75. The van der Waals surface area contributed by atoms with Gasteiger partial charge in [-0.05, 0) is 62.0 Å². The average Bonchev–Trinajstić information content (AvgIpc) is 3.36. The van der Waals surface area contributed by atoms with Crippen LogP contribution in [0.15, 0.2) is 24.3 Å². The Bertz CT molecular complexity index is 705. The van der Waals surface area contributed by atoms with Crippen LogP contribution >= 0.6 is 0 Å². The Morgan fingerprint density at radius 1 is 1.00 bits per heavy atom. The molecule has 3 atom stereocenters. The number of amides is 2. The standard InChI is InChI=1S/C22H30N2O3/c25-15-19-7-3-11-23(19)22(27)20-8-4-12-24(20)21(26)14-16-9-10-17-5-1-2-6-18(17)13-16/h1-2,5-6,16,19-20,25H,3-4,7-15H2/t16?,19-,20-/m0/s1. The molecule has 0 radical (unpaired) electrons. The van der Waals surface area contributed by atoms with Crippen molar-refractivity contribution >= 4 is 11.8 Å². The molecule has 2 amide bonds. The van der Waals surface area contributed by atoms with E-state index in [1.54, 1.807) is 0 Å². The van der Waals surface area contributed by atoms with E-state index >= 15 is 0 Å². The number of hydrogen-bond acceptors (Lipinski definition) is 3. The fraction of sp³-hybridized carbons (Fsp3) is 0.636. The highest BCUT2D eigenvalue weighted by Gasteiger charge is 2.40. The summed E-state index contributed by atoms with van der Waals surface area (Å²) in [7, 11) is 0. The molecule has 3 aliphatic rings. The SMILES string of the molecule is O=C([C@@H]1CCCN1C(=O)CC1CCc2ccccc2C1)N1CCC[C@H]1CO. The Labute approximate surface area is 161 Å². The van der Waals surface area contributed by atoms with E-state index in [0.717, 1.165) is 44.9 Å². The molecule has 2 saturated heterocycles. The second kappa shape index (κ2) is 8.01. The molecule has 0 spiro atoms. The van der Waals surface area contributed by atoms with E-state index in [4.69, 9.17) is 0 Å². The van der Waals surface area contributed by atoms with Crippen LogP contribution in [0.1, 0.15) is 49.7 Å². The van der Waals surface area contributed by atoms with Gasteiger partial charge in [-0.15, -0.1) is 0 Å².